The summed E-state index contributed by atoms with van der Waals surface area (Å²) in [5.41, 5.74) is 0.684. The second-order valence-electron chi connectivity index (χ2n) is 6.82. The van der Waals surface area contributed by atoms with Crippen molar-refractivity contribution in [2.75, 3.05) is 0 Å². The fourth-order valence-corrected chi connectivity index (χ4v) is 4.72. The summed E-state index contributed by atoms with van der Waals surface area (Å²) in [5, 5.41) is 3.30. The molecule has 0 atom stereocenters. The molecule has 0 heterocycles. The van der Waals surface area contributed by atoms with Crippen LogP contribution in [0.4, 0.5) is 0 Å². The standard InChI is InChI=1S/C15H23NO/c1-9(2)14(17)16-15(3)12-5-10-4-11(7-12)8-13(15)6-10/h10-13H,1,4-8H2,2-3H3,(H,16,17). The third-order valence-electron chi connectivity index (χ3n) is 5.60. The molecule has 17 heavy (non-hydrogen) atoms. The third kappa shape index (κ3) is 1.64. The van der Waals surface area contributed by atoms with Crippen LogP contribution in [-0.2, 0) is 4.79 Å². The number of hydrogen-bond acceptors (Lipinski definition) is 1. The van der Waals surface area contributed by atoms with Gasteiger partial charge in [0, 0.05) is 11.1 Å². The van der Waals surface area contributed by atoms with E-state index in [4.69, 9.17) is 0 Å². The lowest BCUT2D eigenvalue weighted by molar-refractivity contribution is -0.126. The molecule has 0 aromatic rings. The lowest BCUT2D eigenvalue weighted by atomic mass is 9.49. The minimum atomic E-state index is 0.0451. The van der Waals surface area contributed by atoms with E-state index < -0.39 is 0 Å². The predicted molar refractivity (Wildman–Crippen MR) is 68.4 cm³/mol. The quantitative estimate of drug-likeness (QED) is 0.730. The van der Waals surface area contributed by atoms with Gasteiger partial charge in [-0.2, -0.15) is 0 Å². The molecule has 0 aliphatic heterocycles. The maximum Gasteiger partial charge on any atom is 0.246 e. The summed E-state index contributed by atoms with van der Waals surface area (Å²) in [6.45, 7) is 7.84. The van der Waals surface area contributed by atoms with Crippen LogP contribution >= 0.6 is 0 Å². The van der Waals surface area contributed by atoms with Crippen LogP contribution in [0.25, 0.3) is 0 Å². The molecule has 0 spiro atoms. The zero-order valence-corrected chi connectivity index (χ0v) is 11.0. The average Bonchev–Trinajstić information content (AvgIpc) is 2.25. The van der Waals surface area contributed by atoms with E-state index in [-0.39, 0.29) is 11.4 Å². The largest absolute Gasteiger partial charge is 0.347 e. The van der Waals surface area contributed by atoms with Crippen LogP contribution < -0.4 is 5.32 Å². The van der Waals surface area contributed by atoms with Crippen molar-refractivity contribution in [1.29, 1.82) is 0 Å². The molecule has 0 aromatic carbocycles. The van der Waals surface area contributed by atoms with E-state index in [1.807, 2.05) is 0 Å². The molecule has 4 fully saturated rings. The molecule has 0 radical (unpaired) electrons. The highest BCUT2D eigenvalue weighted by atomic mass is 16.1. The molecule has 4 aliphatic rings. The van der Waals surface area contributed by atoms with E-state index in [1.54, 1.807) is 6.92 Å². The Morgan fingerprint density at radius 3 is 2.00 bits per heavy atom. The fraction of sp³-hybridized carbons (Fsp3) is 0.800. The second-order valence-corrected chi connectivity index (χ2v) is 6.82. The van der Waals surface area contributed by atoms with Gasteiger partial charge in [-0.25, -0.2) is 0 Å². The summed E-state index contributed by atoms with van der Waals surface area (Å²) in [7, 11) is 0. The first-order chi connectivity index (χ1) is 7.99. The summed E-state index contributed by atoms with van der Waals surface area (Å²) in [6.07, 6.45) is 6.79. The number of carbonyl (C=O) groups is 1. The monoisotopic (exact) mass is 233 g/mol. The van der Waals surface area contributed by atoms with Crippen molar-refractivity contribution in [3.05, 3.63) is 12.2 Å². The Kier molecular flexibility index (Phi) is 2.39. The molecular formula is C15H23NO. The van der Waals surface area contributed by atoms with Gasteiger partial charge in [0.25, 0.3) is 0 Å². The van der Waals surface area contributed by atoms with E-state index in [9.17, 15) is 4.79 Å². The van der Waals surface area contributed by atoms with Crippen molar-refractivity contribution < 1.29 is 4.79 Å². The molecule has 4 aliphatic carbocycles. The molecule has 0 aromatic heterocycles. The molecule has 2 heteroatoms. The lowest BCUT2D eigenvalue weighted by Gasteiger charge is -2.60. The van der Waals surface area contributed by atoms with Gasteiger partial charge >= 0.3 is 0 Å². The molecule has 94 valence electrons. The first kappa shape index (κ1) is 11.3. The second kappa shape index (κ2) is 3.60. The molecular weight excluding hydrogens is 210 g/mol. The highest BCUT2D eigenvalue weighted by Crippen LogP contribution is 2.58. The van der Waals surface area contributed by atoms with Gasteiger partial charge in [-0.15, -0.1) is 0 Å². The topological polar surface area (TPSA) is 29.1 Å². The maximum atomic E-state index is 11.9. The molecule has 1 N–H and O–H groups in total. The Labute approximate surface area is 104 Å². The first-order valence-corrected chi connectivity index (χ1v) is 6.97. The number of hydrogen-bond donors (Lipinski definition) is 1. The number of carbonyl (C=O) groups excluding carboxylic acids is 1. The van der Waals surface area contributed by atoms with E-state index >= 15 is 0 Å². The van der Waals surface area contributed by atoms with Crippen LogP contribution in [0.3, 0.4) is 0 Å². The molecule has 4 rings (SSSR count). The summed E-state index contributed by atoms with van der Waals surface area (Å²) >= 11 is 0. The van der Waals surface area contributed by atoms with Crippen LogP contribution in [0.5, 0.6) is 0 Å². The number of amides is 1. The van der Waals surface area contributed by atoms with Gasteiger partial charge in [-0.3, -0.25) is 4.79 Å². The average molecular weight is 233 g/mol. The zero-order valence-electron chi connectivity index (χ0n) is 11.0. The molecule has 1 amide bonds. The fourth-order valence-electron chi connectivity index (χ4n) is 4.72. The Balaban J connectivity index is 1.82. The van der Waals surface area contributed by atoms with Crippen LogP contribution in [0.2, 0.25) is 0 Å². The van der Waals surface area contributed by atoms with Crippen molar-refractivity contribution in [2.45, 2.75) is 51.5 Å². The highest BCUT2D eigenvalue weighted by Gasteiger charge is 2.55. The Morgan fingerprint density at radius 2 is 1.59 bits per heavy atom. The van der Waals surface area contributed by atoms with Crippen molar-refractivity contribution in [3.63, 3.8) is 0 Å². The van der Waals surface area contributed by atoms with E-state index in [0.29, 0.717) is 17.4 Å². The Bertz CT molecular complexity index is 343. The van der Waals surface area contributed by atoms with Gasteiger partial charge < -0.3 is 5.32 Å². The van der Waals surface area contributed by atoms with Gasteiger partial charge in [-0.1, -0.05) is 6.58 Å². The highest BCUT2D eigenvalue weighted by molar-refractivity contribution is 5.92. The van der Waals surface area contributed by atoms with Crippen molar-refractivity contribution in [1.82, 2.24) is 5.32 Å². The minimum absolute atomic E-state index is 0.0451. The molecule has 0 unspecified atom stereocenters. The smallest absolute Gasteiger partial charge is 0.246 e. The first-order valence-electron chi connectivity index (χ1n) is 6.97. The summed E-state index contributed by atoms with van der Waals surface area (Å²) in [4.78, 5) is 11.9. The van der Waals surface area contributed by atoms with Crippen molar-refractivity contribution >= 4 is 5.91 Å². The molecule has 0 saturated heterocycles. The van der Waals surface area contributed by atoms with E-state index in [2.05, 4.69) is 18.8 Å². The zero-order chi connectivity index (χ0) is 12.2. The van der Waals surface area contributed by atoms with Crippen molar-refractivity contribution in [2.24, 2.45) is 23.7 Å². The summed E-state index contributed by atoms with van der Waals surface area (Å²) in [6, 6.07) is 0. The normalized spacial score (nSPS) is 46.9. The summed E-state index contributed by atoms with van der Waals surface area (Å²) in [5.74, 6) is 3.38. The Hall–Kier alpha value is -0.790. The van der Waals surface area contributed by atoms with E-state index in [1.165, 1.54) is 32.1 Å². The Morgan fingerprint density at radius 1 is 1.12 bits per heavy atom. The lowest BCUT2D eigenvalue weighted by Crippen LogP contribution is -2.64. The van der Waals surface area contributed by atoms with Crippen LogP contribution in [0.15, 0.2) is 12.2 Å². The van der Waals surface area contributed by atoms with Gasteiger partial charge in [0.05, 0.1) is 0 Å². The van der Waals surface area contributed by atoms with E-state index in [0.717, 1.165) is 11.8 Å². The van der Waals surface area contributed by atoms with Crippen LogP contribution in [0, 0.1) is 23.7 Å². The molecule has 4 saturated carbocycles. The predicted octanol–water partition coefficient (Wildman–Crippen LogP) is 2.89. The van der Waals surface area contributed by atoms with Crippen LogP contribution in [-0.4, -0.2) is 11.4 Å². The van der Waals surface area contributed by atoms with Gasteiger partial charge in [-0.05, 0) is 69.6 Å². The van der Waals surface area contributed by atoms with Crippen molar-refractivity contribution in [3.8, 4) is 0 Å². The summed E-state index contributed by atoms with van der Waals surface area (Å²) < 4.78 is 0. The minimum Gasteiger partial charge on any atom is -0.347 e. The van der Waals surface area contributed by atoms with Gasteiger partial charge in [0.2, 0.25) is 5.91 Å². The SMILES string of the molecule is C=C(C)C(=O)NC1(C)C2CC3CC(C2)CC1C3. The third-order valence-corrected chi connectivity index (χ3v) is 5.60. The van der Waals surface area contributed by atoms with Gasteiger partial charge in [0.1, 0.15) is 0 Å². The number of nitrogens with one attached hydrogen (secondary N) is 1. The molecule has 2 nitrogen and oxygen atoms in total. The molecule has 4 bridgehead atoms. The van der Waals surface area contributed by atoms with Crippen LogP contribution in [0.1, 0.15) is 46.0 Å². The maximum absolute atomic E-state index is 11.9. The van der Waals surface area contributed by atoms with Gasteiger partial charge in [0.15, 0.2) is 0 Å². The number of rotatable bonds is 2.